The third kappa shape index (κ3) is 9.32. The molecule has 7 heteroatoms. The summed E-state index contributed by atoms with van der Waals surface area (Å²) in [6, 6.07) is 0. The molecular weight excluding hydrogens is 266 g/mol. The lowest BCUT2D eigenvalue weighted by Crippen LogP contribution is -2.37. The summed E-state index contributed by atoms with van der Waals surface area (Å²) < 4.78 is 14.7. The summed E-state index contributed by atoms with van der Waals surface area (Å²) in [5, 5.41) is 2.34. The average molecular weight is 289 g/mol. The molecule has 116 valence electrons. The van der Waals surface area contributed by atoms with Crippen molar-refractivity contribution in [2.75, 3.05) is 19.8 Å². The summed E-state index contributed by atoms with van der Waals surface area (Å²) in [5.74, 6) is -1.77. The molecule has 20 heavy (non-hydrogen) atoms. The standard InChI is InChI=1S/C13H23NO6/c1-6-18-12(17)9(2)20-11(16)7-14-10(15)8-19-13(3,4)5/h9H,6-8H2,1-5H3,(H,14,15). The Labute approximate surface area is 118 Å². The van der Waals surface area contributed by atoms with E-state index in [2.05, 4.69) is 10.1 Å². The molecule has 1 unspecified atom stereocenters. The highest BCUT2D eigenvalue weighted by molar-refractivity contribution is 5.84. The van der Waals surface area contributed by atoms with E-state index in [4.69, 9.17) is 9.47 Å². The number of hydrogen-bond acceptors (Lipinski definition) is 6. The van der Waals surface area contributed by atoms with Gasteiger partial charge >= 0.3 is 11.9 Å². The molecule has 0 saturated carbocycles. The summed E-state index contributed by atoms with van der Waals surface area (Å²) >= 11 is 0. The number of hydrogen-bond donors (Lipinski definition) is 1. The van der Waals surface area contributed by atoms with Crippen molar-refractivity contribution in [3.63, 3.8) is 0 Å². The van der Waals surface area contributed by atoms with E-state index in [0.29, 0.717) is 0 Å². The van der Waals surface area contributed by atoms with Crippen LogP contribution in [0.2, 0.25) is 0 Å². The van der Waals surface area contributed by atoms with Crippen LogP contribution in [0.4, 0.5) is 0 Å². The highest BCUT2D eigenvalue weighted by Crippen LogP contribution is 2.05. The van der Waals surface area contributed by atoms with E-state index < -0.39 is 29.6 Å². The molecule has 0 bridgehead atoms. The van der Waals surface area contributed by atoms with Crippen LogP contribution in [0.25, 0.3) is 0 Å². The minimum Gasteiger partial charge on any atom is -0.463 e. The Morgan fingerprint density at radius 2 is 1.80 bits per heavy atom. The summed E-state index contributed by atoms with van der Waals surface area (Å²) in [4.78, 5) is 34.0. The molecule has 0 aromatic carbocycles. The molecule has 0 aromatic heterocycles. The molecule has 0 heterocycles. The van der Waals surface area contributed by atoms with Crippen molar-refractivity contribution in [3.05, 3.63) is 0 Å². The Morgan fingerprint density at radius 3 is 2.30 bits per heavy atom. The van der Waals surface area contributed by atoms with Crippen molar-refractivity contribution >= 4 is 17.8 Å². The van der Waals surface area contributed by atoms with Gasteiger partial charge in [0.05, 0.1) is 12.2 Å². The van der Waals surface area contributed by atoms with Crippen molar-refractivity contribution in [1.82, 2.24) is 5.32 Å². The molecule has 0 fully saturated rings. The van der Waals surface area contributed by atoms with E-state index in [9.17, 15) is 14.4 Å². The molecular formula is C13H23NO6. The number of amides is 1. The topological polar surface area (TPSA) is 90.9 Å². The van der Waals surface area contributed by atoms with Gasteiger partial charge in [-0.1, -0.05) is 0 Å². The van der Waals surface area contributed by atoms with Crippen LogP contribution in [0.1, 0.15) is 34.6 Å². The Hall–Kier alpha value is -1.63. The highest BCUT2D eigenvalue weighted by Gasteiger charge is 2.19. The fraction of sp³-hybridized carbons (Fsp3) is 0.769. The smallest absolute Gasteiger partial charge is 0.347 e. The zero-order valence-electron chi connectivity index (χ0n) is 12.6. The molecule has 0 rings (SSSR count). The number of carbonyl (C=O) groups excluding carboxylic acids is 3. The van der Waals surface area contributed by atoms with Crippen LogP contribution >= 0.6 is 0 Å². The summed E-state index contributed by atoms with van der Waals surface area (Å²) in [5.41, 5.74) is -0.434. The molecule has 0 aliphatic rings. The second-order valence-corrected chi connectivity index (χ2v) is 5.06. The minimum absolute atomic E-state index is 0.149. The van der Waals surface area contributed by atoms with Gasteiger partial charge in [0.15, 0.2) is 6.10 Å². The van der Waals surface area contributed by atoms with Gasteiger partial charge in [0, 0.05) is 0 Å². The van der Waals surface area contributed by atoms with Gasteiger partial charge in [-0.3, -0.25) is 9.59 Å². The van der Waals surface area contributed by atoms with Gasteiger partial charge in [-0.25, -0.2) is 4.79 Å². The molecule has 1 N–H and O–H groups in total. The van der Waals surface area contributed by atoms with Crippen LogP contribution in [0, 0.1) is 0 Å². The monoisotopic (exact) mass is 289 g/mol. The van der Waals surface area contributed by atoms with Gasteiger partial charge in [-0.15, -0.1) is 0 Å². The maximum Gasteiger partial charge on any atom is 0.347 e. The Balaban J connectivity index is 3.93. The maximum atomic E-state index is 11.4. The van der Waals surface area contributed by atoms with Crippen LogP contribution in [0.3, 0.4) is 0 Å². The predicted molar refractivity (Wildman–Crippen MR) is 70.9 cm³/mol. The molecule has 0 saturated heterocycles. The molecule has 1 atom stereocenters. The molecule has 0 aliphatic carbocycles. The van der Waals surface area contributed by atoms with Gasteiger partial charge in [-0.05, 0) is 34.6 Å². The average Bonchev–Trinajstić information content (AvgIpc) is 2.33. The highest BCUT2D eigenvalue weighted by atomic mass is 16.6. The summed E-state index contributed by atoms with van der Waals surface area (Å²) in [6.07, 6.45) is -0.995. The first-order chi connectivity index (χ1) is 9.15. The third-order valence-electron chi connectivity index (χ3n) is 1.99. The van der Waals surface area contributed by atoms with Crippen LogP contribution in [-0.2, 0) is 28.6 Å². The van der Waals surface area contributed by atoms with Crippen LogP contribution in [-0.4, -0.2) is 49.3 Å². The number of nitrogens with one attached hydrogen (secondary N) is 1. The zero-order valence-corrected chi connectivity index (χ0v) is 12.6. The first-order valence-electron chi connectivity index (χ1n) is 6.42. The van der Waals surface area contributed by atoms with Gasteiger partial charge in [0.2, 0.25) is 5.91 Å². The van der Waals surface area contributed by atoms with Gasteiger partial charge in [-0.2, -0.15) is 0 Å². The molecule has 0 aliphatic heterocycles. The maximum absolute atomic E-state index is 11.4. The largest absolute Gasteiger partial charge is 0.463 e. The van der Waals surface area contributed by atoms with E-state index >= 15 is 0 Å². The van der Waals surface area contributed by atoms with Crippen molar-refractivity contribution in [2.24, 2.45) is 0 Å². The van der Waals surface area contributed by atoms with Crippen molar-refractivity contribution in [2.45, 2.75) is 46.3 Å². The van der Waals surface area contributed by atoms with E-state index in [0.717, 1.165) is 0 Å². The molecule has 1 amide bonds. The van der Waals surface area contributed by atoms with Gasteiger partial charge in [0.1, 0.15) is 13.2 Å². The van der Waals surface area contributed by atoms with Crippen molar-refractivity contribution in [3.8, 4) is 0 Å². The summed E-state index contributed by atoms with van der Waals surface area (Å²) in [6.45, 7) is 8.24. The predicted octanol–water partition coefficient (Wildman–Crippen LogP) is 0.413. The first-order valence-corrected chi connectivity index (χ1v) is 6.42. The molecule has 7 nitrogen and oxygen atoms in total. The van der Waals surface area contributed by atoms with Crippen molar-refractivity contribution in [1.29, 1.82) is 0 Å². The lowest BCUT2D eigenvalue weighted by molar-refractivity contribution is -0.165. The Morgan fingerprint density at radius 1 is 1.20 bits per heavy atom. The van der Waals surface area contributed by atoms with E-state index in [1.54, 1.807) is 6.92 Å². The second kappa shape index (κ2) is 8.52. The Kier molecular flexibility index (Phi) is 7.83. The molecule has 0 radical (unpaired) electrons. The number of carbonyl (C=O) groups is 3. The normalized spacial score (nSPS) is 12.4. The first kappa shape index (κ1) is 18.4. The molecule has 0 aromatic rings. The Bertz CT molecular complexity index is 347. The SMILES string of the molecule is CCOC(=O)C(C)OC(=O)CNC(=O)COC(C)(C)C. The second-order valence-electron chi connectivity index (χ2n) is 5.06. The van der Waals surface area contributed by atoms with E-state index in [-0.39, 0.29) is 19.8 Å². The van der Waals surface area contributed by atoms with Gasteiger partial charge < -0.3 is 19.5 Å². The lowest BCUT2D eigenvalue weighted by Gasteiger charge is -2.19. The fourth-order valence-corrected chi connectivity index (χ4v) is 1.05. The minimum atomic E-state index is -0.995. The van der Waals surface area contributed by atoms with E-state index in [1.165, 1.54) is 6.92 Å². The quantitative estimate of drug-likeness (QED) is 0.683. The third-order valence-corrected chi connectivity index (χ3v) is 1.99. The zero-order chi connectivity index (χ0) is 15.8. The fourth-order valence-electron chi connectivity index (χ4n) is 1.05. The van der Waals surface area contributed by atoms with Crippen LogP contribution in [0.15, 0.2) is 0 Å². The van der Waals surface area contributed by atoms with Crippen LogP contribution < -0.4 is 5.32 Å². The number of esters is 2. The summed E-state index contributed by atoms with van der Waals surface area (Å²) in [7, 11) is 0. The number of ether oxygens (including phenoxy) is 3. The lowest BCUT2D eigenvalue weighted by atomic mass is 10.2. The van der Waals surface area contributed by atoms with Crippen LogP contribution in [0.5, 0.6) is 0 Å². The number of rotatable bonds is 7. The van der Waals surface area contributed by atoms with E-state index in [1.807, 2.05) is 20.8 Å². The van der Waals surface area contributed by atoms with Crippen molar-refractivity contribution < 1.29 is 28.6 Å². The molecule has 0 spiro atoms. The van der Waals surface area contributed by atoms with Gasteiger partial charge in [0.25, 0.3) is 0 Å².